The molecule has 0 amide bonds. The second kappa shape index (κ2) is 127. The van der Waals surface area contributed by atoms with Crippen LogP contribution in [0.2, 0.25) is 0 Å². The van der Waals surface area contributed by atoms with Crippen LogP contribution in [-0.4, -0.2) is 283 Å². The monoisotopic (exact) mass is 2890 g/mol. The van der Waals surface area contributed by atoms with Gasteiger partial charge < -0.3 is 36.4 Å². The molecule has 0 bridgehead atoms. The molecule has 0 N–H and O–H groups in total. The minimum absolute atomic E-state index is 0. The van der Waals surface area contributed by atoms with Crippen LogP contribution in [0, 0.1) is 0 Å². The summed E-state index contributed by atoms with van der Waals surface area (Å²) in [5.74, 6) is 0. The SMILES string of the molecule is CCO[PH+](OCC)OCC.CCO[PH+](OCC)OCC.CCO[PH+](OCC)OCC.CCO[PH+](OCC)OCC.CCO[PH+](OCC)OCC.CCO[PH+](OCC)OCC.CCO[PH+](OCC)OCC.CCO[PH+](OCC)OCC.O=S(=O)([O-])CS(=O)(=O)[O-].O=S(=O)([O-])CS(=O)(=O)[O-].O=S(=O)([O-])CS(=O)(=O)[O-].O=S(=O)([O-])CS(=O)(=O)[O-].[Ag+].[Ag+].[Ag+].[Ag+].[Ag+].[Ag+].[Ag+].[Ag+]. The number of hydrogen-bond donors (Lipinski definition) is 0. The standard InChI is InChI=1S/8C6H16O3P.4CH4O6S2.8Ag/c8*1-4-7-10(8-5-2)9-6-3;4*2-8(3,4)1-9(5,6)7;;;;;;;;/h8*10H,4-6H2,1-3H3;4*1H2,(H,2,3,4)(H,5,6,7);;;;;;;;/q8*+1;;;;;8*+1/p-8. The van der Waals surface area contributed by atoms with Gasteiger partial charge in [0.2, 0.25) is 0 Å². The Morgan fingerprint density at radius 1 is 0.129 bits per heavy atom. The van der Waals surface area contributed by atoms with Crippen LogP contribution in [0.5, 0.6) is 0 Å². The normalized spacial score (nSPS) is 10.9. The third kappa shape index (κ3) is 200. The molecule has 0 aliphatic heterocycles. The summed E-state index contributed by atoms with van der Waals surface area (Å²) in [6.45, 7) is 62.3. The van der Waals surface area contributed by atoms with E-state index in [4.69, 9.17) is 109 Å². The van der Waals surface area contributed by atoms with Crippen LogP contribution in [0.4, 0.5) is 0 Å². The van der Waals surface area contributed by atoms with Gasteiger partial charge in [0.15, 0.2) is 0 Å². The first-order valence-electron chi connectivity index (χ1n) is 35.1. The van der Waals surface area contributed by atoms with Crippen LogP contribution >= 0.6 is 68.8 Å². The Morgan fingerprint density at radius 2 is 0.169 bits per heavy atom. The maximum Gasteiger partial charge on any atom is 1.00 e. The molecule has 72 heteroatoms. The molecule has 0 aromatic rings. The van der Waals surface area contributed by atoms with Crippen molar-refractivity contribution >= 4 is 150 Å². The van der Waals surface area contributed by atoms with Gasteiger partial charge in [-0.2, -0.15) is 109 Å². The molecule has 0 aliphatic rings. The van der Waals surface area contributed by atoms with Crippen molar-refractivity contribution in [2.75, 3.05) is 179 Å². The molecule has 0 saturated carbocycles. The molecule has 0 radical (unpaired) electrons. The second-order valence-corrected chi connectivity index (χ2v) is 40.9. The Bertz CT molecular complexity index is 2300. The van der Waals surface area contributed by atoms with Crippen molar-refractivity contribution in [2.45, 2.75) is 166 Å². The third-order valence-electron chi connectivity index (χ3n) is 7.45. The number of rotatable bonds is 56. The van der Waals surface area contributed by atoms with Crippen LogP contribution in [0.3, 0.4) is 0 Å². The number of hydrogen-bond acceptors (Lipinski definition) is 48. The van der Waals surface area contributed by atoms with E-state index >= 15 is 0 Å². The van der Waals surface area contributed by atoms with Gasteiger partial charge in [-0.1, -0.05) is 0 Å². The van der Waals surface area contributed by atoms with Gasteiger partial charge in [-0.25, -0.2) is 67.3 Å². The first kappa shape index (κ1) is 180. The zero-order valence-corrected chi connectivity index (χ0v) is 99.5. The van der Waals surface area contributed by atoms with E-state index in [-0.39, 0.29) is 179 Å². The minimum Gasteiger partial charge on any atom is -0.747 e. The summed E-state index contributed by atoms with van der Waals surface area (Å²) in [4.78, 5) is 0. The van der Waals surface area contributed by atoms with Gasteiger partial charge in [-0.05, 0) is 166 Å². The van der Waals surface area contributed by atoms with E-state index in [2.05, 4.69) is 0 Å². The molecule has 0 aliphatic carbocycles. The summed E-state index contributed by atoms with van der Waals surface area (Å²) in [6, 6.07) is 0. The van der Waals surface area contributed by atoms with Crippen LogP contribution in [0.25, 0.3) is 0 Å². The van der Waals surface area contributed by atoms with Gasteiger partial charge in [-0.15, -0.1) is 0 Å². The first-order valence-corrected chi connectivity index (χ1v) is 57.5. The molecule has 0 heterocycles. The van der Waals surface area contributed by atoms with Gasteiger partial charge in [0.05, 0.1) is 159 Å². The van der Waals surface area contributed by atoms with E-state index < -0.39 is 170 Å². The Balaban J connectivity index is -0.0000000526. The molecule has 0 atom stereocenters. The molecule has 0 saturated heterocycles. The van der Waals surface area contributed by atoms with Crippen LogP contribution in [-0.2, 0) is 369 Å². The smallest absolute Gasteiger partial charge is 0.747 e. The molecular formula is C52H136Ag8O48P8S8+8. The van der Waals surface area contributed by atoms with Crippen molar-refractivity contribution in [1.82, 2.24) is 0 Å². The predicted molar refractivity (Wildman–Crippen MR) is 443 cm³/mol. The fourth-order valence-electron chi connectivity index (χ4n) is 4.54. The zero-order chi connectivity index (χ0) is 93.4. The molecule has 0 aromatic carbocycles. The van der Waals surface area contributed by atoms with E-state index in [9.17, 15) is 104 Å². The molecular weight excluding hydrogens is 2760 g/mol. The quantitative estimate of drug-likeness (QED) is 0.0312. The Morgan fingerprint density at radius 3 is 0.185 bits per heavy atom. The molecule has 800 valence electrons. The van der Waals surface area contributed by atoms with E-state index in [0.29, 0.717) is 159 Å². The summed E-state index contributed by atoms with van der Waals surface area (Å²) in [5.41, 5.74) is 0. The molecule has 0 aromatic heterocycles. The predicted octanol–water partition coefficient (Wildman–Crippen LogP) is 8.56. The molecule has 124 heavy (non-hydrogen) atoms. The minimum atomic E-state index is -4.93. The van der Waals surface area contributed by atoms with Crippen molar-refractivity contribution in [2.24, 2.45) is 0 Å². The second-order valence-electron chi connectivity index (χ2n) is 17.3. The van der Waals surface area contributed by atoms with Gasteiger partial charge in [-0.3, -0.25) is 0 Å². The van der Waals surface area contributed by atoms with Crippen molar-refractivity contribution in [3.63, 3.8) is 0 Å². The fraction of sp³-hybridized carbons (Fsp3) is 1.00. The maximum atomic E-state index is 9.51. The summed E-state index contributed by atoms with van der Waals surface area (Å²) in [5, 5.41) is -7.50. The average Bonchev–Trinajstić information content (AvgIpc) is 0.927. The van der Waals surface area contributed by atoms with Crippen molar-refractivity contribution in [3.8, 4) is 0 Å². The summed E-state index contributed by atoms with van der Waals surface area (Å²) < 4.78 is 353. The molecule has 0 rings (SSSR count). The van der Waals surface area contributed by atoms with Crippen molar-refractivity contribution < 1.29 is 391 Å². The van der Waals surface area contributed by atoms with Crippen LogP contribution in [0.15, 0.2) is 0 Å². The Hall–Kier alpha value is 7.68. The van der Waals surface area contributed by atoms with Crippen LogP contribution in [0.1, 0.15) is 166 Å². The van der Waals surface area contributed by atoms with E-state index in [1.54, 1.807) is 0 Å². The molecule has 48 nitrogen and oxygen atoms in total. The van der Waals surface area contributed by atoms with Crippen LogP contribution < -0.4 is 0 Å². The zero-order valence-electron chi connectivity index (χ0n) is 73.1. The summed E-state index contributed by atoms with van der Waals surface area (Å²) in [7, 11) is -50.6. The maximum absolute atomic E-state index is 9.51. The van der Waals surface area contributed by atoms with Gasteiger partial charge in [0, 0.05) is 0 Å². The van der Waals surface area contributed by atoms with Gasteiger partial charge >= 0.3 is 248 Å². The summed E-state index contributed by atoms with van der Waals surface area (Å²) >= 11 is 0. The van der Waals surface area contributed by atoms with E-state index in [1.165, 1.54) is 0 Å². The van der Waals surface area contributed by atoms with E-state index in [0.717, 1.165) is 0 Å². The summed E-state index contributed by atoms with van der Waals surface area (Å²) in [6.07, 6.45) is 0. The van der Waals surface area contributed by atoms with E-state index in [1.807, 2.05) is 166 Å². The Labute approximate surface area is 875 Å². The topological polar surface area (TPSA) is 679 Å². The Kier molecular flexibility index (Phi) is 184. The average molecular weight is 2900 g/mol. The fourth-order valence-corrected chi connectivity index (χ4v) is 17.8. The molecule has 0 fully saturated rings. The molecule has 0 spiro atoms. The van der Waals surface area contributed by atoms with Crippen molar-refractivity contribution in [3.05, 3.63) is 0 Å². The largest absolute Gasteiger partial charge is 1.00 e. The molecule has 0 unspecified atom stereocenters. The third-order valence-corrected chi connectivity index (χ3v) is 29.3. The van der Waals surface area contributed by atoms with Gasteiger partial charge in [0.1, 0.15) is 101 Å². The first-order chi connectivity index (χ1) is 53.6. The van der Waals surface area contributed by atoms with Gasteiger partial charge in [0.25, 0.3) is 0 Å². The van der Waals surface area contributed by atoms with Crippen molar-refractivity contribution in [1.29, 1.82) is 0 Å².